The number of hydrogen-bond donors (Lipinski definition) is 0. The first kappa shape index (κ1) is 26.7. The molecule has 0 radical (unpaired) electrons. The summed E-state index contributed by atoms with van der Waals surface area (Å²) < 4.78 is 2.30. The van der Waals surface area contributed by atoms with Crippen molar-refractivity contribution in [1.82, 2.24) is 0 Å². The summed E-state index contributed by atoms with van der Waals surface area (Å²) >= 11 is 7.07. The first-order valence-electron chi connectivity index (χ1n) is 7.09. The quantitative estimate of drug-likeness (QED) is 0.152. The molecule has 0 aromatic heterocycles. The highest BCUT2D eigenvalue weighted by Gasteiger charge is 2.14. The zero-order chi connectivity index (χ0) is 14.1. The molecule has 2 nitrogen and oxygen atoms in total. The molecule has 0 aromatic rings. The van der Waals surface area contributed by atoms with E-state index in [4.69, 9.17) is 0 Å². The molecular formula is C14H32Br4N2. The minimum absolute atomic E-state index is 0. The van der Waals surface area contributed by atoms with Gasteiger partial charge in [0.25, 0.3) is 0 Å². The van der Waals surface area contributed by atoms with Gasteiger partial charge in [0.2, 0.25) is 0 Å². The van der Waals surface area contributed by atoms with Crippen molar-refractivity contribution in [3.05, 3.63) is 0 Å². The van der Waals surface area contributed by atoms with E-state index < -0.39 is 0 Å². The second-order valence-corrected chi connectivity index (χ2v) is 8.14. The molecule has 126 valence electrons. The molecule has 0 spiro atoms. The van der Waals surface area contributed by atoms with Gasteiger partial charge < -0.3 is 42.9 Å². The summed E-state index contributed by atoms with van der Waals surface area (Å²) in [5.41, 5.74) is 0. The van der Waals surface area contributed by atoms with Gasteiger partial charge in [-0.05, 0) is 25.7 Å². The standard InChI is InChI=1S/C14H32Br2N2.2BrH/c1-17(2,13-9-15)11-7-5-6-8-12-18(3,4)14-10-16;;/h5-14H2,1-4H3;2*1H/q+2;;/p-2. The number of rotatable bonds is 11. The molecule has 0 saturated heterocycles. The van der Waals surface area contributed by atoms with Crippen LogP contribution in [0.4, 0.5) is 0 Å². The Hall–Kier alpha value is 1.84. The molecule has 0 unspecified atom stereocenters. The Morgan fingerprint density at radius 1 is 0.550 bits per heavy atom. The van der Waals surface area contributed by atoms with Gasteiger partial charge in [0, 0.05) is 0 Å². The van der Waals surface area contributed by atoms with Crippen LogP contribution in [0.3, 0.4) is 0 Å². The van der Waals surface area contributed by atoms with E-state index in [0.717, 1.165) is 19.6 Å². The lowest BCUT2D eigenvalue weighted by atomic mass is 10.1. The monoisotopic (exact) mass is 544 g/mol. The van der Waals surface area contributed by atoms with Gasteiger partial charge in [0.15, 0.2) is 0 Å². The van der Waals surface area contributed by atoms with Crippen LogP contribution in [0.5, 0.6) is 0 Å². The SMILES string of the molecule is C[N+](C)(CCBr)CCCCCC[N+](C)(C)CCBr.[Br-].[Br-]. The largest absolute Gasteiger partial charge is 1.00 e. The minimum Gasteiger partial charge on any atom is -1.00 e. The zero-order valence-electron chi connectivity index (χ0n) is 13.5. The molecule has 0 aromatic carbocycles. The van der Waals surface area contributed by atoms with Gasteiger partial charge in [-0.1, -0.05) is 31.9 Å². The van der Waals surface area contributed by atoms with Crippen LogP contribution in [0, 0.1) is 0 Å². The summed E-state index contributed by atoms with van der Waals surface area (Å²) in [7, 11) is 9.32. The molecule has 0 bridgehead atoms. The van der Waals surface area contributed by atoms with E-state index in [9.17, 15) is 0 Å². The van der Waals surface area contributed by atoms with Gasteiger partial charge in [-0.15, -0.1) is 0 Å². The van der Waals surface area contributed by atoms with Crippen LogP contribution in [0.25, 0.3) is 0 Å². The third-order valence-corrected chi connectivity index (χ3v) is 4.37. The average molecular weight is 548 g/mol. The van der Waals surface area contributed by atoms with Crippen LogP contribution in [-0.4, -0.2) is 74.0 Å². The van der Waals surface area contributed by atoms with Crippen LogP contribution >= 0.6 is 31.9 Å². The van der Waals surface area contributed by atoms with E-state index in [2.05, 4.69) is 60.1 Å². The smallest absolute Gasteiger partial charge is 0.0880 e. The maximum atomic E-state index is 3.53. The fourth-order valence-electron chi connectivity index (χ4n) is 2.11. The van der Waals surface area contributed by atoms with Crippen molar-refractivity contribution in [3.63, 3.8) is 0 Å². The molecule has 0 amide bonds. The summed E-state index contributed by atoms with van der Waals surface area (Å²) in [4.78, 5) is 0. The molecule has 0 rings (SSSR count). The molecule has 0 heterocycles. The molecule has 20 heavy (non-hydrogen) atoms. The van der Waals surface area contributed by atoms with Crippen LogP contribution < -0.4 is 34.0 Å². The van der Waals surface area contributed by atoms with E-state index in [1.165, 1.54) is 51.9 Å². The van der Waals surface area contributed by atoms with Crippen LogP contribution in [-0.2, 0) is 0 Å². The van der Waals surface area contributed by atoms with Crippen molar-refractivity contribution in [3.8, 4) is 0 Å². The third kappa shape index (κ3) is 16.2. The predicted octanol–water partition coefficient (Wildman–Crippen LogP) is -2.50. The van der Waals surface area contributed by atoms with E-state index in [0.29, 0.717) is 0 Å². The Bertz CT molecular complexity index is 189. The van der Waals surface area contributed by atoms with Crippen LogP contribution in [0.2, 0.25) is 0 Å². The lowest BCUT2D eigenvalue weighted by Crippen LogP contribution is -3.00. The number of halogens is 4. The summed E-state index contributed by atoms with van der Waals surface area (Å²) in [5.74, 6) is 0. The topological polar surface area (TPSA) is 0 Å². The van der Waals surface area contributed by atoms with Crippen molar-refractivity contribution in [2.75, 3.05) is 65.0 Å². The Labute approximate surface area is 164 Å². The summed E-state index contributed by atoms with van der Waals surface area (Å²) in [6.45, 7) is 5.08. The molecule has 6 heteroatoms. The zero-order valence-corrected chi connectivity index (χ0v) is 19.8. The van der Waals surface area contributed by atoms with Gasteiger partial charge in [0.1, 0.15) is 0 Å². The van der Waals surface area contributed by atoms with Crippen molar-refractivity contribution in [2.24, 2.45) is 0 Å². The number of hydrogen-bond acceptors (Lipinski definition) is 0. The van der Waals surface area contributed by atoms with Gasteiger partial charge in [-0.25, -0.2) is 0 Å². The first-order valence-corrected chi connectivity index (χ1v) is 9.33. The lowest BCUT2D eigenvalue weighted by Gasteiger charge is -2.30. The maximum Gasteiger partial charge on any atom is 0.0880 e. The maximum absolute atomic E-state index is 3.53. The highest BCUT2D eigenvalue weighted by atomic mass is 79.9. The first-order chi connectivity index (χ1) is 8.33. The van der Waals surface area contributed by atoms with Gasteiger partial charge in [0.05, 0.1) is 65.0 Å². The Morgan fingerprint density at radius 2 is 0.850 bits per heavy atom. The van der Waals surface area contributed by atoms with Crippen LogP contribution in [0.1, 0.15) is 25.7 Å². The molecule has 0 aliphatic rings. The number of unbranched alkanes of at least 4 members (excludes halogenated alkanes) is 3. The van der Waals surface area contributed by atoms with Gasteiger partial charge in [-0.3, -0.25) is 0 Å². The van der Waals surface area contributed by atoms with Crippen molar-refractivity contribution < 1.29 is 42.9 Å². The Kier molecular flexibility index (Phi) is 19.3. The van der Waals surface area contributed by atoms with Gasteiger partial charge in [-0.2, -0.15) is 0 Å². The summed E-state index contributed by atoms with van der Waals surface area (Å²) in [5, 5.41) is 2.22. The number of nitrogens with zero attached hydrogens (tertiary/aromatic N) is 2. The average Bonchev–Trinajstić information content (AvgIpc) is 2.22. The van der Waals surface area contributed by atoms with Crippen LogP contribution in [0.15, 0.2) is 0 Å². The van der Waals surface area contributed by atoms with Crippen molar-refractivity contribution in [1.29, 1.82) is 0 Å². The lowest BCUT2D eigenvalue weighted by molar-refractivity contribution is -0.888. The third-order valence-electron chi connectivity index (χ3n) is 3.66. The second-order valence-electron chi connectivity index (χ2n) is 6.56. The molecule has 0 atom stereocenters. The van der Waals surface area contributed by atoms with E-state index in [1.807, 2.05) is 0 Å². The number of alkyl halides is 2. The van der Waals surface area contributed by atoms with Crippen molar-refractivity contribution in [2.45, 2.75) is 25.7 Å². The van der Waals surface area contributed by atoms with E-state index >= 15 is 0 Å². The summed E-state index contributed by atoms with van der Waals surface area (Å²) in [6.07, 6.45) is 5.51. The molecule has 0 aliphatic carbocycles. The molecule has 0 saturated carbocycles. The Morgan fingerprint density at radius 3 is 1.10 bits per heavy atom. The van der Waals surface area contributed by atoms with E-state index in [-0.39, 0.29) is 34.0 Å². The second kappa shape index (κ2) is 14.4. The van der Waals surface area contributed by atoms with E-state index in [1.54, 1.807) is 0 Å². The summed E-state index contributed by atoms with van der Waals surface area (Å²) in [6, 6.07) is 0. The molecular weight excluding hydrogens is 516 g/mol. The predicted molar refractivity (Wildman–Crippen MR) is 89.7 cm³/mol. The minimum atomic E-state index is 0. The fraction of sp³-hybridized carbons (Fsp3) is 1.00. The van der Waals surface area contributed by atoms with Gasteiger partial charge >= 0.3 is 0 Å². The van der Waals surface area contributed by atoms with Crippen molar-refractivity contribution >= 4 is 31.9 Å². The molecule has 0 N–H and O–H groups in total. The molecule has 0 aliphatic heterocycles. The highest BCUT2D eigenvalue weighted by molar-refractivity contribution is 9.09. The normalized spacial score (nSPS) is 11.7. The molecule has 0 fully saturated rings. The Balaban J connectivity index is -0.00000144. The highest BCUT2D eigenvalue weighted by Crippen LogP contribution is 2.09. The number of quaternary nitrogens is 2. The fourth-order valence-corrected chi connectivity index (χ4v) is 4.03.